The Morgan fingerprint density at radius 3 is 2.84 bits per heavy atom. The van der Waals surface area contributed by atoms with Crippen LogP contribution in [0.25, 0.3) is 0 Å². The van der Waals surface area contributed by atoms with Crippen LogP contribution in [0.5, 0.6) is 0 Å². The summed E-state index contributed by atoms with van der Waals surface area (Å²) in [6.45, 7) is 4.89. The fraction of sp³-hybridized carbons (Fsp3) is 0.562. The first-order chi connectivity index (χ1) is 9.29. The number of fused-ring (bicyclic) bond motifs is 3. The summed E-state index contributed by atoms with van der Waals surface area (Å²) in [5.41, 5.74) is 5.07. The van der Waals surface area contributed by atoms with Crippen LogP contribution in [0.1, 0.15) is 58.8 Å². The maximum atomic E-state index is 12.7. The predicted octanol–water partition coefficient (Wildman–Crippen LogP) is 2.23. The van der Waals surface area contributed by atoms with Crippen molar-refractivity contribution in [2.75, 3.05) is 19.6 Å². The zero-order valence-electron chi connectivity index (χ0n) is 11.4. The molecule has 4 rings (SSSR count). The Balaban J connectivity index is 1.88. The molecule has 1 N–H and O–H groups in total. The van der Waals surface area contributed by atoms with Gasteiger partial charge in [0.05, 0.1) is 6.04 Å². The average Bonchev–Trinajstić information content (AvgIpc) is 3.26. The van der Waals surface area contributed by atoms with Gasteiger partial charge in [0.15, 0.2) is 0 Å². The molecule has 1 amide bonds. The molecule has 1 aromatic carbocycles. The number of benzene rings is 1. The number of piperazine rings is 1. The number of hydrogen-bond acceptors (Lipinski definition) is 2. The quantitative estimate of drug-likeness (QED) is 0.880. The second-order valence-electron chi connectivity index (χ2n) is 6.00. The van der Waals surface area contributed by atoms with Gasteiger partial charge >= 0.3 is 0 Å². The van der Waals surface area contributed by atoms with Crippen LogP contribution in [0.2, 0.25) is 0 Å². The van der Waals surface area contributed by atoms with E-state index in [0.717, 1.165) is 31.6 Å². The zero-order valence-corrected chi connectivity index (χ0v) is 11.4. The maximum absolute atomic E-state index is 12.7. The van der Waals surface area contributed by atoms with E-state index in [0.29, 0.717) is 5.92 Å². The second-order valence-corrected chi connectivity index (χ2v) is 6.00. The molecular weight excluding hydrogens is 236 g/mol. The van der Waals surface area contributed by atoms with E-state index in [1.54, 1.807) is 0 Å². The number of nitrogens with one attached hydrogen (secondary N) is 1. The van der Waals surface area contributed by atoms with Gasteiger partial charge in [0.25, 0.3) is 5.91 Å². The highest BCUT2D eigenvalue weighted by atomic mass is 16.2. The van der Waals surface area contributed by atoms with Crippen LogP contribution >= 0.6 is 0 Å². The molecule has 1 saturated carbocycles. The summed E-state index contributed by atoms with van der Waals surface area (Å²) in [6.07, 6.45) is 3.58. The molecule has 100 valence electrons. The van der Waals surface area contributed by atoms with Crippen molar-refractivity contribution in [3.63, 3.8) is 0 Å². The average molecular weight is 256 g/mol. The largest absolute Gasteiger partial charge is 0.329 e. The van der Waals surface area contributed by atoms with Gasteiger partial charge in [-0.25, -0.2) is 0 Å². The summed E-state index contributed by atoms with van der Waals surface area (Å²) < 4.78 is 0. The molecule has 3 heteroatoms. The third kappa shape index (κ3) is 1.64. The van der Waals surface area contributed by atoms with E-state index in [1.807, 2.05) is 0 Å². The molecule has 0 spiro atoms. The lowest BCUT2D eigenvalue weighted by Gasteiger charge is -2.30. The molecule has 3 aliphatic rings. The van der Waals surface area contributed by atoms with Crippen LogP contribution in [0, 0.1) is 0 Å². The first kappa shape index (κ1) is 11.5. The highest BCUT2D eigenvalue weighted by molar-refractivity contribution is 6.01. The fourth-order valence-electron chi connectivity index (χ4n) is 3.55. The summed E-state index contributed by atoms with van der Waals surface area (Å²) in [4.78, 5) is 14.8. The van der Waals surface area contributed by atoms with Gasteiger partial charge in [-0.1, -0.05) is 19.1 Å². The van der Waals surface area contributed by atoms with E-state index < -0.39 is 0 Å². The smallest absolute Gasteiger partial charge is 0.255 e. The molecule has 19 heavy (non-hydrogen) atoms. The van der Waals surface area contributed by atoms with Gasteiger partial charge in [-0.15, -0.1) is 0 Å². The lowest BCUT2D eigenvalue weighted by Crippen LogP contribution is -2.44. The van der Waals surface area contributed by atoms with Crippen molar-refractivity contribution in [1.82, 2.24) is 10.2 Å². The lowest BCUT2D eigenvalue weighted by atomic mass is 9.93. The highest BCUT2D eigenvalue weighted by Gasteiger charge is 2.42. The number of nitrogens with zero attached hydrogens (tertiary/aromatic N) is 1. The molecule has 1 saturated heterocycles. The van der Waals surface area contributed by atoms with E-state index in [-0.39, 0.29) is 11.9 Å². The van der Waals surface area contributed by atoms with Gasteiger partial charge in [-0.2, -0.15) is 0 Å². The number of amides is 1. The van der Waals surface area contributed by atoms with Crippen molar-refractivity contribution in [1.29, 1.82) is 0 Å². The second kappa shape index (κ2) is 4.07. The monoisotopic (exact) mass is 256 g/mol. The normalized spacial score (nSPS) is 25.4. The van der Waals surface area contributed by atoms with Crippen molar-refractivity contribution in [3.05, 3.63) is 34.4 Å². The standard InChI is InChI=1S/C16H20N2O/c1-2-10-7-12(11-3-4-11)15-13(8-10)14-9-17-5-6-18(14)16(15)19/h7-8,11,14,17H,2-6,9H2,1H3/t14-/m1/s1. The minimum absolute atomic E-state index is 0.278. The molecule has 0 aromatic heterocycles. The zero-order chi connectivity index (χ0) is 13.0. The maximum Gasteiger partial charge on any atom is 0.255 e. The summed E-state index contributed by atoms with van der Waals surface area (Å²) in [6, 6.07) is 4.84. The number of rotatable bonds is 2. The minimum Gasteiger partial charge on any atom is -0.329 e. The van der Waals surface area contributed by atoms with Gasteiger partial charge < -0.3 is 10.2 Å². The lowest BCUT2D eigenvalue weighted by molar-refractivity contribution is 0.0690. The molecule has 2 fully saturated rings. The van der Waals surface area contributed by atoms with Crippen molar-refractivity contribution in [2.24, 2.45) is 0 Å². The van der Waals surface area contributed by atoms with Crippen LogP contribution in [-0.4, -0.2) is 30.4 Å². The third-order valence-electron chi connectivity index (χ3n) is 4.76. The number of hydrogen-bond donors (Lipinski definition) is 1. The van der Waals surface area contributed by atoms with Gasteiger partial charge in [0, 0.05) is 25.2 Å². The van der Waals surface area contributed by atoms with Crippen LogP contribution < -0.4 is 5.32 Å². The summed E-state index contributed by atoms with van der Waals surface area (Å²) in [5.74, 6) is 0.935. The Morgan fingerprint density at radius 1 is 1.32 bits per heavy atom. The van der Waals surface area contributed by atoms with E-state index in [4.69, 9.17) is 0 Å². The number of carbonyl (C=O) groups is 1. The Labute approximate surface area is 114 Å². The Hall–Kier alpha value is -1.35. The summed E-state index contributed by atoms with van der Waals surface area (Å²) in [5, 5.41) is 3.43. The van der Waals surface area contributed by atoms with E-state index >= 15 is 0 Å². The predicted molar refractivity (Wildman–Crippen MR) is 74.4 cm³/mol. The van der Waals surface area contributed by atoms with Gasteiger partial charge in [0.2, 0.25) is 0 Å². The van der Waals surface area contributed by atoms with Crippen LogP contribution in [0.15, 0.2) is 12.1 Å². The van der Waals surface area contributed by atoms with Crippen LogP contribution in [-0.2, 0) is 6.42 Å². The highest BCUT2D eigenvalue weighted by Crippen LogP contribution is 2.47. The third-order valence-corrected chi connectivity index (χ3v) is 4.76. The molecule has 3 nitrogen and oxygen atoms in total. The van der Waals surface area contributed by atoms with Crippen LogP contribution in [0.3, 0.4) is 0 Å². The molecule has 1 aliphatic carbocycles. The SMILES string of the molecule is CCc1cc(C2CC2)c2c(c1)[C@H]1CNCCN1C2=O. The van der Waals surface area contributed by atoms with Gasteiger partial charge in [-0.05, 0) is 41.9 Å². The summed E-state index contributed by atoms with van der Waals surface area (Å²) in [7, 11) is 0. The summed E-state index contributed by atoms with van der Waals surface area (Å²) >= 11 is 0. The van der Waals surface area contributed by atoms with Crippen molar-refractivity contribution in [3.8, 4) is 0 Å². The number of aryl methyl sites for hydroxylation is 1. The van der Waals surface area contributed by atoms with Crippen molar-refractivity contribution >= 4 is 5.91 Å². The minimum atomic E-state index is 0.278. The number of carbonyl (C=O) groups excluding carboxylic acids is 1. The van der Waals surface area contributed by atoms with E-state index in [9.17, 15) is 4.79 Å². The molecule has 0 bridgehead atoms. The van der Waals surface area contributed by atoms with Crippen LogP contribution in [0.4, 0.5) is 0 Å². The van der Waals surface area contributed by atoms with Crippen molar-refractivity contribution < 1.29 is 4.79 Å². The Morgan fingerprint density at radius 2 is 2.11 bits per heavy atom. The molecule has 1 atom stereocenters. The molecule has 2 heterocycles. The van der Waals surface area contributed by atoms with E-state index in [1.165, 1.54) is 29.5 Å². The van der Waals surface area contributed by atoms with Gasteiger partial charge in [-0.3, -0.25) is 4.79 Å². The first-order valence-corrected chi connectivity index (χ1v) is 7.48. The Bertz CT molecular complexity index is 548. The topological polar surface area (TPSA) is 32.3 Å². The molecular formula is C16H20N2O. The van der Waals surface area contributed by atoms with Crippen molar-refractivity contribution in [2.45, 2.75) is 38.1 Å². The molecule has 0 radical (unpaired) electrons. The molecule has 2 aliphatic heterocycles. The Kier molecular flexibility index (Phi) is 2.46. The van der Waals surface area contributed by atoms with E-state index in [2.05, 4.69) is 29.3 Å². The van der Waals surface area contributed by atoms with Gasteiger partial charge in [0.1, 0.15) is 0 Å². The first-order valence-electron chi connectivity index (χ1n) is 7.48. The molecule has 1 aromatic rings. The fourth-order valence-corrected chi connectivity index (χ4v) is 3.55. The molecule has 0 unspecified atom stereocenters.